The van der Waals surface area contributed by atoms with E-state index in [1.54, 1.807) is 133 Å². The maximum absolute atomic E-state index is 16.0. The number of carboxylic acid groups (broad SMARTS) is 3. The number of esters is 1. The second-order valence-corrected chi connectivity index (χ2v) is 18.0. The Morgan fingerprint density at radius 3 is 1.71 bits per heavy atom. The van der Waals surface area contributed by atoms with Gasteiger partial charge in [-0.2, -0.15) is 0 Å². The van der Waals surface area contributed by atoms with Gasteiger partial charge in [-0.1, -0.05) is 146 Å². The molecule has 392 valence electrons. The third kappa shape index (κ3) is 14.7. The van der Waals surface area contributed by atoms with Crippen LogP contribution in [0.2, 0.25) is 0 Å². The first-order valence-electron chi connectivity index (χ1n) is 24.3. The molecule has 6 rings (SSSR count). The lowest BCUT2D eigenvalue weighted by atomic mass is 9.85. The van der Waals surface area contributed by atoms with Crippen LogP contribution in [-0.4, -0.2) is 103 Å². The van der Waals surface area contributed by atoms with E-state index in [9.17, 15) is 34.5 Å². The van der Waals surface area contributed by atoms with E-state index in [2.05, 4.69) is 15.6 Å². The fraction of sp³-hybridized carbons (Fsp3) is 0.286. The van der Waals surface area contributed by atoms with Gasteiger partial charge in [-0.25, -0.2) is 19.3 Å². The fourth-order valence-corrected chi connectivity index (χ4v) is 8.66. The number of H-pyrrole nitrogens is 1. The molecule has 10 N–H and O–H groups in total. The summed E-state index contributed by atoms with van der Waals surface area (Å²) in [4.78, 5) is 119. The summed E-state index contributed by atoms with van der Waals surface area (Å²) in [7, 11) is 0. The molecule has 4 amide bonds. The molecule has 1 aromatic heterocycles. The number of hydrogen-bond acceptors (Lipinski definition) is 12. The SMILES string of the molecule is NCCCC[C@H](N)C(=O)N[C@@H](CC(Cc1ccccc1)C(=O)O)C(=O)N[C@H](C(=O)N(C(=O)OCc1ccccc1)[C@@](Cc1c[nH]c2ccccc12)(C(=O)O)C(=O)OCc1ccccc1)C(Cc1ccccc1)C(=O)O. The summed E-state index contributed by atoms with van der Waals surface area (Å²) in [6, 6.07) is 33.5. The van der Waals surface area contributed by atoms with Crippen LogP contribution in [0.25, 0.3) is 10.9 Å². The quantitative estimate of drug-likeness (QED) is 0.0188. The predicted octanol–water partition coefficient (Wildman–Crippen LogP) is 5.15. The highest BCUT2D eigenvalue weighted by Crippen LogP contribution is 2.32. The maximum atomic E-state index is 16.0. The molecule has 0 saturated carbocycles. The Labute approximate surface area is 432 Å². The van der Waals surface area contributed by atoms with Gasteiger partial charge in [-0.3, -0.25) is 24.0 Å². The number of rotatable bonds is 27. The number of aliphatic carboxylic acids is 3. The minimum absolute atomic E-state index is 0.0182. The van der Waals surface area contributed by atoms with Crippen LogP contribution >= 0.6 is 0 Å². The Hall–Kier alpha value is -8.68. The van der Waals surface area contributed by atoms with Crippen molar-refractivity contribution < 1.29 is 63.1 Å². The number of imide groups is 1. The van der Waals surface area contributed by atoms with Gasteiger partial charge in [0.25, 0.3) is 11.4 Å². The highest BCUT2D eigenvalue weighted by Gasteiger charge is 2.61. The summed E-state index contributed by atoms with van der Waals surface area (Å²) in [6.45, 7) is -0.847. The molecule has 19 nitrogen and oxygen atoms in total. The van der Waals surface area contributed by atoms with E-state index in [1.165, 1.54) is 18.3 Å². The molecule has 2 unspecified atom stereocenters. The lowest BCUT2D eigenvalue weighted by Gasteiger charge is -2.39. The lowest BCUT2D eigenvalue weighted by molar-refractivity contribution is -0.176. The van der Waals surface area contributed by atoms with Crippen LogP contribution in [0.3, 0.4) is 0 Å². The molecule has 5 aromatic carbocycles. The second kappa shape index (κ2) is 26.9. The summed E-state index contributed by atoms with van der Waals surface area (Å²) in [6.07, 6.45) is -1.65. The Balaban J connectivity index is 1.54. The van der Waals surface area contributed by atoms with Gasteiger partial charge in [0.2, 0.25) is 11.8 Å². The number of fused-ring (bicyclic) bond motifs is 1. The van der Waals surface area contributed by atoms with Crippen molar-refractivity contribution in [2.24, 2.45) is 23.3 Å². The number of benzene rings is 5. The van der Waals surface area contributed by atoms with Gasteiger partial charge in [-0.05, 0) is 72.5 Å². The molecule has 0 aliphatic heterocycles. The highest BCUT2D eigenvalue weighted by atomic mass is 16.6. The number of carbonyl (C=O) groups excluding carboxylic acids is 5. The topological polar surface area (TPSA) is 311 Å². The number of nitrogens with two attached hydrogens (primary N) is 2. The zero-order chi connectivity index (χ0) is 53.9. The van der Waals surface area contributed by atoms with E-state index in [0.717, 1.165) is 0 Å². The average molecular weight is 1030 g/mol. The monoisotopic (exact) mass is 1020 g/mol. The summed E-state index contributed by atoms with van der Waals surface area (Å²) >= 11 is 0. The minimum Gasteiger partial charge on any atom is -0.481 e. The predicted molar refractivity (Wildman–Crippen MR) is 274 cm³/mol. The molecule has 0 aliphatic rings. The number of carbonyl (C=O) groups is 8. The number of para-hydroxylation sites is 1. The molecular weight excluding hydrogens is 965 g/mol. The summed E-state index contributed by atoms with van der Waals surface area (Å²) < 4.78 is 11.4. The fourth-order valence-electron chi connectivity index (χ4n) is 8.66. The zero-order valence-electron chi connectivity index (χ0n) is 40.9. The van der Waals surface area contributed by atoms with E-state index in [0.29, 0.717) is 52.5 Å². The van der Waals surface area contributed by atoms with Gasteiger partial charge in [0.1, 0.15) is 25.3 Å². The minimum atomic E-state index is -3.42. The molecule has 0 aliphatic carbocycles. The molecule has 6 aromatic rings. The van der Waals surface area contributed by atoms with Crippen molar-refractivity contribution in [1.82, 2.24) is 20.5 Å². The number of ether oxygens (including phenoxy) is 2. The first-order valence-corrected chi connectivity index (χ1v) is 24.3. The van der Waals surface area contributed by atoms with Crippen molar-refractivity contribution in [3.8, 4) is 0 Å². The highest BCUT2D eigenvalue weighted by molar-refractivity contribution is 6.14. The molecule has 6 atom stereocenters. The van der Waals surface area contributed by atoms with Gasteiger partial charge in [0.05, 0.1) is 17.9 Å². The molecule has 0 fully saturated rings. The van der Waals surface area contributed by atoms with Gasteiger partial charge < -0.3 is 51.9 Å². The maximum Gasteiger partial charge on any atom is 0.418 e. The summed E-state index contributed by atoms with van der Waals surface area (Å²) in [5.41, 5.74) is 10.7. The zero-order valence-corrected chi connectivity index (χ0v) is 40.9. The third-order valence-electron chi connectivity index (χ3n) is 12.7. The van der Waals surface area contributed by atoms with Gasteiger partial charge in [-0.15, -0.1) is 0 Å². The second-order valence-electron chi connectivity index (χ2n) is 18.0. The molecule has 0 radical (unpaired) electrons. The van der Waals surface area contributed by atoms with Crippen molar-refractivity contribution >= 4 is 58.6 Å². The van der Waals surface area contributed by atoms with E-state index >= 15 is 19.2 Å². The van der Waals surface area contributed by atoms with Crippen LogP contribution in [0.4, 0.5) is 4.79 Å². The number of aromatic amines is 1. The Kier molecular flexibility index (Phi) is 19.9. The first-order chi connectivity index (χ1) is 36.1. The molecule has 0 saturated heterocycles. The smallest absolute Gasteiger partial charge is 0.418 e. The Morgan fingerprint density at radius 2 is 1.16 bits per heavy atom. The number of unbranched alkanes of at least 4 members (excludes halogenated alkanes) is 1. The van der Waals surface area contributed by atoms with E-state index < -0.39 is 116 Å². The molecular formula is C56H60N6O13. The van der Waals surface area contributed by atoms with Crippen LogP contribution in [-0.2, 0) is 75.5 Å². The number of aromatic nitrogens is 1. The van der Waals surface area contributed by atoms with Crippen molar-refractivity contribution in [3.05, 3.63) is 180 Å². The molecule has 19 heteroatoms. The van der Waals surface area contributed by atoms with Gasteiger partial charge in [0, 0.05) is 23.5 Å². The van der Waals surface area contributed by atoms with E-state index in [4.69, 9.17) is 20.9 Å². The molecule has 0 spiro atoms. The Bertz CT molecular complexity index is 2900. The first kappa shape index (κ1) is 55.6. The molecule has 1 heterocycles. The number of hydrogen-bond donors (Lipinski definition) is 8. The summed E-state index contributed by atoms with van der Waals surface area (Å²) in [5, 5.41) is 38.5. The van der Waals surface area contributed by atoms with Crippen LogP contribution in [0.15, 0.2) is 152 Å². The van der Waals surface area contributed by atoms with Crippen molar-refractivity contribution in [1.29, 1.82) is 0 Å². The van der Waals surface area contributed by atoms with Gasteiger partial charge >= 0.3 is 30.0 Å². The van der Waals surface area contributed by atoms with Crippen LogP contribution < -0.4 is 22.1 Å². The van der Waals surface area contributed by atoms with Crippen molar-refractivity contribution in [2.75, 3.05) is 6.54 Å². The van der Waals surface area contributed by atoms with E-state index in [-0.39, 0.29) is 23.3 Å². The van der Waals surface area contributed by atoms with Gasteiger partial charge in [0.15, 0.2) is 0 Å². The van der Waals surface area contributed by atoms with Crippen molar-refractivity contribution in [2.45, 2.75) is 81.8 Å². The number of nitrogens with one attached hydrogen (secondary N) is 3. The van der Waals surface area contributed by atoms with Crippen LogP contribution in [0.5, 0.6) is 0 Å². The number of carboxylic acids is 3. The number of nitrogens with zero attached hydrogens (tertiary/aromatic N) is 1. The molecule has 75 heavy (non-hydrogen) atoms. The molecule has 0 bridgehead atoms. The standard InChI is InChI=1S/C56H60N6O13/c57-28-16-15-26-44(58)48(63)60-46(31-40(51(66)67)29-36-17-5-1-6-18-36)49(64)61-47(43(52(68)69)30-37-19-7-2-8-20-37)50(65)62(55(73)75-35-39-23-11-4-12-24-39)56(53(70)71,54(72)74-34-38-21-9-3-10-22-38)32-41-33-59-45-27-14-13-25-42(41)45/h1-14,17-25,27,33,40,43-44,46-47,59H,15-16,26,28-32,34-35,57-58H2,(H,60,63)(H,61,64)(H,66,67)(H,68,69)(H,70,71)/t40?,43?,44-,46-,47-,56-/m0/s1. The van der Waals surface area contributed by atoms with Crippen molar-refractivity contribution in [3.63, 3.8) is 0 Å². The summed E-state index contributed by atoms with van der Waals surface area (Å²) in [5.74, 6) is -14.2. The third-order valence-corrected chi connectivity index (χ3v) is 12.7. The van der Waals surface area contributed by atoms with Crippen LogP contribution in [0, 0.1) is 11.8 Å². The largest absolute Gasteiger partial charge is 0.481 e. The lowest BCUT2D eigenvalue weighted by Crippen LogP contribution is -2.70. The Morgan fingerprint density at radius 1 is 0.627 bits per heavy atom. The average Bonchev–Trinajstić information content (AvgIpc) is 3.82. The van der Waals surface area contributed by atoms with Crippen LogP contribution in [0.1, 0.15) is 53.5 Å². The van der Waals surface area contributed by atoms with E-state index in [1.807, 2.05) is 0 Å². The number of amides is 4. The normalized spacial score (nSPS) is 13.9.